The highest BCUT2D eigenvalue weighted by atomic mass is 32.2. The lowest BCUT2D eigenvalue weighted by Crippen LogP contribution is -2.15. The Bertz CT molecular complexity index is 269. The molecule has 2 N–H and O–H groups in total. The minimum Gasteiger partial charge on any atom is -0.402 e. The van der Waals surface area contributed by atoms with Crippen molar-refractivity contribution in [2.45, 2.75) is 37.9 Å². The highest BCUT2D eigenvalue weighted by Crippen LogP contribution is 2.25. The number of rotatable bonds is 2. The van der Waals surface area contributed by atoms with E-state index in [4.69, 9.17) is 5.73 Å². The van der Waals surface area contributed by atoms with Crippen molar-refractivity contribution in [1.82, 2.24) is 0 Å². The lowest BCUT2D eigenvalue weighted by molar-refractivity contribution is 0.588. The van der Waals surface area contributed by atoms with Gasteiger partial charge in [-0.15, -0.1) is 0 Å². The molecule has 1 aliphatic carbocycles. The van der Waals surface area contributed by atoms with Crippen LogP contribution in [0.3, 0.4) is 0 Å². The summed E-state index contributed by atoms with van der Waals surface area (Å²) in [6.45, 7) is 1.60. The molecule has 0 atom stereocenters. The molecule has 3 nitrogen and oxygen atoms in total. The smallest absolute Gasteiger partial charge is 0.176 e. The first kappa shape index (κ1) is 9.58. The van der Waals surface area contributed by atoms with E-state index in [0.717, 1.165) is 25.7 Å². The summed E-state index contributed by atoms with van der Waals surface area (Å²) in [7, 11) is -3.05. The van der Waals surface area contributed by atoms with Gasteiger partial charge in [0.1, 0.15) is 0 Å². The molecule has 0 heterocycles. The maximum atomic E-state index is 11.5. The quantitative estimate of drug-likeness (QED) is 0.709. The van der Waals surface area contributed by atoms with E-state index in [0.29, 0.717) is 5.70 Å². The van der Waals surface area contributed by atoms with Crippen LogP contribution in [-0.2, 0) is 9.84 Å². The Morgan fingerprint density at radius 2 is 1.92 bits per heavy atom. The highest BCUT2D eigenvalue weighted by Gasteiger charge is 2.26. The monoisotopic (exact) mass is 189 g/mol. The summed E-state index contributed by atoms with van der Waals surface area (Å²) in [6, 6.07) is 0. The second-order valence-corrected chi connectivity index (χ2v) is 5.44. The van der Waals surface area contributed by atoms with E-state index >= 15 is 0 Å². The van der Waals surface area contributed by atoms with Crippen molar-refractivity contribution < 1.29 is 8.42 Å². The Morgan fingerprint density at radius 3 is 2.33 bits per heavy atom. The van der Waals surface area contributed by atoms with Crippen LogP contribution in [-0.4, -0.2) is 13.7 Å². The van der Waals surface area contributed by atoms with Crippen molar-refractivity contribution in [1.29, 1.82) is 0 Å². The van der Waals surface area contributed by atoms with Gasteiger partial charge in [0, 0.05) is 11.1 Å². The van der Waals surface area contributed by atoms with Crippen LogP contribution < -0.4 is 5.73 Å². The normalized spacial score (nSPS) is 21.6. The topological polar surface area (TPSA) is 60.2 Å². The van der Waals surface area contributed by atoms with E-state index in [1.807, 2.05) is 0 Å². The summed E-state index contributed by atoms with van der Waals surface area (Å²) >= 11 is 0. The van der Waals surface area contributed by atoms with Crippen molar-refractivity contribution in [3.8, 4) is 0 Å². The Hall–Kier alpha value is -0.510. The molecule has 4 heteroatoms. The van der Waals surface area contributed by atoms with Crippen LogP contribution in [0.25, 0.3) is 0 Å². The number of allylic oxidation sites excluding steroid dienone is 1. The average molecular weight is 189 g/mol. The van der Waals surface area contributed by atoms with Gasteiger partial charge in [-0.2, -0.15) is 0 Å². The molecule has 0 bridgehead atoms. The van der Waals surface area contributed by atoms with Crippen LogP contribution in [0, 0.1) is 0 Å². The minimum atomic E-state index is -3.05. The second-order valence-electron chi connectivity index (χ2n) is 3.36. The van der Waals surface area contributed by atoms with Gasteiger partial charge in [0.25, 0.3) is 0 Å². The first-order chi connectivity index (χ1) is 5.52. The Morgan fingerprint density at radius 1 is 1.42 bits per heavy atom. The first-order valence-electron chi connectivity index (χ1n) is 4.20. The SMILES string of the molecule is C/C(N)=C\S(=O)(=O)C1CCCC1. The summed E-state index contributed by atoms with van der Waals surface area (Å²) in [5, 5.41) is 1.03. The average Bonchev–Trinajstić information content (AvgIpc) is 2.32. The largest absolute Gasteiger partial charge is 0.402 e. The summed E-state index contributed by atoms with van der Waals surface area (Å²) in [6.07, 6.45) is 3.65. The van der Waals surface area contributed by atoms with Gasteiger partial charge in [-0.05, 0) is 19.8 Å². The van der Waals surface area contributed by atoms with Crippen molar-refractivity contribution in [2.75, 3.05) is 0 Å². The molecule has 0 aromatic rings. The zero-order chi connectivity index (χ0) is 9.19. The second kappa shape index (κ2) is 3.47. The molecule has 0 aromatic heterocycles. The third kappa shape index (κ3) is 2.24. The molecule has 0 saturated heterocycles. The molecule has 0 spiro atoms. The van der Waals surface area contributed by atoms with Crippen LogP contribution in [0.5, 0.6) is 0 Å². The zero-order valence-electron chi connectivity index (χ0n) is 7.29. The molecule has 1 saturated carbocycles. The van der Waals surface area contributed by atoms with Gasteiger partial charge in [-0.3, -0.25) is 0 Å². The maximum Gasteiger partial charge on any atom is 0.176 e. The van der Waals surface area contributed by atoms with Crippen LogP contribution in [0.4, 0.5) is 0 Å². The fourth-order valence-corrected chi connectivity index (χ4v) is 3.27. The lowest BCUT2D eigenvalue weighted by atomic mass is 10.4. The van der Waals surface area contributed by atoms with Gasteiger partial charge >= 0.3 is 0 Å². The van der Waals surface area contributed by atoms with Gasteiger partial charge in [0.15, 0.2) is 9.84 Å². The fourth-order valence-electron chi connectivity index (χ4n) is 1.57. The summed E-state index contributed by atoms with van der Waals surface area (Å²) in [5.74, 6) is 0. The molecule has 0 aliphatic heterocycles. The van der Waals surface area contributed by atoms with E-state index in [1.165, 1.54) is 5.41 Å². The first-order valence-corrected chi connectivity index (χ1v) is 5.81. The van der Waals surface area contributed by atoms with Gasteiger partial charge in [0.2, 0.25) is 0 Å². The van der Waals surface area contributed by atoms with Gasteiger partial charge in [0.05, 0.1) is 5.25 Å². The number of sulfone groups is 1. The van der Waals surface area contributed by atoms with Gasteiger partial charge in [-0.25, -0.2) is 8.42 Å². The molecule has 1 rings (SSSR count). The molecule has 1 aliphatic rings. The Balaban J connectivity index is 2.78. The molecule has 0 amide bonds. The molecular weight excluding hydrogens is 174 g/mol. The Kier molecular flexibility index (Phi) is 2.77. The van der Waals surface area contributed by atoms with E-state index in [2.05, 4.69) is 0 Å². The van der Waals surface area contributed by atoms with E-state index in [-0.39, 0.29) is 5.25 Å². The van der Waals surface area contributed by atoms with Crippen LogP contribution >= 0.6 is 0 Å². The zero-order valence-corrected chi connectivity index (χ0v) is 8.10. The third-order valence-corrected chi connectivity index (χ3v) is 4.22. The Labute approximate surface area is 73.6 Å². The van der Waals surface area contributed by atoms with E-state index in [1.54, 1.807) is 6.92 Å². The molecule has 0 radical (unpaired) electrons. The molecule has 1 fully saturated rings. The standard InChI is InChI=1S/C8H15NO2S/c1-7(9)6-12(10,11)8-4-2-3-5-8/h6,8H,2-5,9H2,1H3/b7-6+. The summed E-state index contributed by atoms with van der Waals surface area (Å²) in [4.78, 5) is 0. The molecule has 70 valence electrons. The van der Waals surface area contributed by atoms with Gasteiger partial charge < -0.3 is 5.73 Å². The van der Waals surface area contributed by atoms with Crippen LogP contribution in [0.15, 0.2) is 11.1 Å². The van der Waals surface area contributed by atoms with Crippen molar-refractivity contribution in [3.63, 3.8) is 0 Å². The van der Waals surface area contributed by atoms with Crippen LogP contribution in [0.1, 0.15) is 32.6 Å². The number of hydrogen-bond acceptors (Lipinski definition) is 3. The molecule has 12 heavy (non-hydrogen) atoms. The summed E-state index contributed by atoms with van der Waals surface area (Å²) < 4.78 is 23.0. The summed E-state index contributed by atoms with van der Waals surface area (Å²) in [5.41, 5.74) is 5.70. The van der Waals surface area contributed by atoms with Gasteiger partial charge in [-0.1, -0.05) is 12.8 Å². The predicted octanol–water partition coefficient (Wildman–Crippen LogP) is 1.16. The number of hydrogen-bond donors (Lipinski definition) is 1. The fraction of sp³-hybridized carbons (Fsp3) is 0.750. The van der Waals surface area contributed by atoms with Crippen molar-refractivity contribution in [2.24, 2.45) is 5.73 Å². The van der Waals surface area contributed by atoms with Crippen LogP contribution in [0.2, 0.25) is 0 Å². The van der Waals surface area contributed by atoms with E-state index in [9.17, 15) is 8.42 Å². The highest BCUT2D eigenvalue weighted by molar-refractivity contribution is 7.94. The lowest BCUT2D eigenvalue weighted by Gasteiger charge is -2.06. The van der Waals surface area contributed by atoms with Crippen molar-refractivity contribution in [3.05, 3.63) is 11.1 Å². The minimum absolute atomic E-state index is 0.170. The van der Waals surface area contributed by atoms with Crippen molar-refractivity contribution >= 4 is 9.84 Å². The third-order valence-electron chi connectivity index (χ3n) is 2.12. The number of nitrogens with two attached hydrogens (primary N) is 1. The van der Waals surface area contributed by atoms with E-state index < -0.39 is 9.84 Å². The maximum absolute atomic E-state index is 11.5. The molecular formula is C8H15NO2S. The molecule has 0 aromatic carbocycles. The predicted molar refractivity (Wildman–Crippen MR) is 49.1 cm³/mol. The molecule has 0 unspecified atom stereocenters.